The van der Waals surface area contributed by atoms with Crippen LogP contribution in [0.25, 0.3) is 10.9 Å². The monoisotopic (exact) mass is 465 g/mol. The summed E-state index contributed by atoms with van der Waals surface area (Å²) in [6, 6.07) is 5.63. The summed E-state index contributed by atoms with van der Waals surface area (Å²) in [5, 5.41) is 9.25. The van der Waals surface area contributed by atoms with Crippen LogP contribution in [0, 0.1) is 0 Å². The lowest BCUT2D eigenvalue weighted by Gasteiger charge is -2.25. The van der Waals surface area contributed by atoms with Crippen molar-refractivity contribution in [2.24, 2.45) is 0 Å². The highest BCUT2D eigenvalue weighted by molar-refractivity contribution is 7.99. The number of ether oxygens (including phenoxy) is 1. The first kappa shape index (κ1) is 23.0. The zero-order chi connectivity index (χ0) is 22.4. The SMILES string of the molecule is FC(F)(F)c1ccc2c(SCCCCCn3cc(CN4CCOCC4)nn3)ccnc2c1. The van der Waals surface area contributed by atoms with Crippen LogP contribution in [0.3, 0.4) is 0 Å². The first-order valence-corrected chi connectivity index (χ1v) is 11.8. The van der Waals surface area contributed by atoms with Gasteiger partial charge in [-0.1, -0.05) is 17.7 Å². The second-order valence-electron chi connectivity index (χ2n) is 7.81. The molecule has 0 amide bonds. The molecule has 0 bridgehead atoms. The van der Waals surface area contributed by atoms with Gasteiger partial charge in [0, 0.05) is 48.9 Å². The van der Waals surface area contributed by atoms with Gasteiger partial charge in [-0.15, -0.1) is 16.9 Å². The molecule has 0 saturated carbocycles. The Morgan fingerprint density at radius 1 is 1.06 bits per heavy atom. The van der Waals surface area contributed by atoms with Crippen molar-refractivity contribution in [2.45, 2.75) is 43.4 Å². The minimum atomic E-state index is -4.35. The average molecular weight is 466 g/mol. The Hall–Kier alpha value is -2.17. The summed E-state index contributed by atoms with van der Waals surface area (Å²) < 4.78 is 46.0. The van der Waals surface area contributed by atoms with Gasteiger partial charge >= 0.3 is 6.18 Å². The lowest BCUT2D eigenvalue weighted by atomic mass is 10.1. The number of nitrogens with zero attached hydrogens (tertiary/aromatic N) is 5. The van der Waals surface area contributed by atoms with Gasteiger partial charge in [-0.25, -0.2) is 0 Å². The highest BCUT2D eigenvalue weighted by Gasteiger charge is 2.30. The first-order valence-electron chi connectivity index (χ1n) is 10.8. The number of hydrogen-bond acceptors (Lipinski definition) is 6. The van der Waals surface area contributed by atoms with Crippen molar-refractivity contribution in [3.63, 3.8) is 0 Å². The van der Waals surface area contributed by atoms with Crippen molar-refractivity contribution in [3.8, 4) is 0 Å². The molecule has 172 valence electrons. The summed E-state index contributed by atoms with van der Waals surface area (Å²) in [6.45, 7) is 5.05. The second kappa shape index (κ2) is 10.6. The van der Waals surface area contributed by atoms with Crippen LogP contribution in [-0.4, -0.2) is 56.9 Å². The van der Waals surface area contributed by atoms with Gasteiger partial charge in [0.1, 0.15) is 0 Å². The van der Waals surface area contributed by atoms with Crippen LogP contribution < -0.4 is 0 Å². The fraction of sp³-hybridized carbons (Fsp3) is 0.500. The minimum Gasteiger partial charge on any atom is -0.379 e. The average Bonchev–Trinajstić information content (AvgIpc) is 3.23. The number of hydrogen-bond donors (Lipinski definition) is 0. The molecule has 1 aromatic carbocycles. The lowest BCUT2D eigenvalue weighted by Crippen LogP contribution is -2.35. The molecule has 3 heterocycles. The van der Waals surface area contributed by atoms with E-state index in [1.165, 1.54) is 6.07 Å². The highest BCUT2D eigenvalue weighted by Crippen LogP contribution is 2.33. The van der Waals surface area contributed by atoms with Gasteiger partial charge in [-0.2, -0.15) is 13.2 Å². The number of alkyl halides is 3. The van der Waals surface area contributed by atoms with E-state index in [0.717, 1.165) is 92.5 Å². The molecule has 1 fully saturated rings. The largest absolute Gasteiger partial charge is 0.416 e. The van der Waals surface area contributed by atoms with E-state index in [4.69, 9.17) is 4.74 Å². The van der Waals surface area contributed by atoms with E-state index in [-0.39, 0.29) is 0 Å². The number of aromatic nitrogens is 4. The van der Waals surface area contributed by atoms with E-state index in [0.29, 0.717) is 5.52 Å². The molecule has 0 N–H and O–H groups in total. The predicted molar refractivity (Wildman–Crippen MR) is 117 cm³/mol. The van der Waals surface area contributed by atoms with Gasteiger partial charge in [0.25, 0.3) is 0 Å². The van der Waals surface area contributed by atoms with Gasteiger partial charge in [0.05, 0.1) is 30.0 Å². The topological polar surface area (TPSA) is 56.1 Å². The Morgan fingerprint density at radius 2 is 1.91 bits per heavy atom. The van der Waals surface area contributed by atoms with Crippen LogP contribution in [0.4, 0.5) is 13.2 Å². The van der Waals surface area contributed by atoms with E-state index in [2.05, 4.69) is 20.2 Å². The van der Waals surface area contributed by atoms with Crippen LogP contribution >= 0.6 is 11.8 Å². The third kappa shape index (κ3) is 6.20. The van der Waals surface area contributed by atoms with Crippen molar-refractivity contribution in [2.75, 3.05) is 32.1 Å². The molecule has 1 aliphatic rings. The molecule has 32 heavy (non-hydrogen) atoms. The summed E-state index contributed by atoms with van der Waals surface area (Å²) in [7, 11) is 0. The molecule has 10 heteroatoms. The van der Waals surface area contributed by atoms with E-state index < -0.39 is 11.7 Å². The molecule has 0 unspecified atom stereocenters. The molecule has 0 aliphatic carbocycles. The molecule has 6 nitrogen and oxygen atoms in total. The van der Waals surface area contributed by atoms with Gasteiger partial charge in [-0.05, 0) is 36.8 Å². The molecule has 1 aliphatic heterocycles. The van der Waals surface area contributed by atoms with E-state index >= 15 is 0 Å². The number of rotatable bonds is 9. The van der Waals surface area contributed by atoms with Crippen LogP contribution in [0.1, 0.15) is 30.5 Å². The molecule has 0 spiro atoms. The number of pyridine rings is 1. The second-order valence-corrected chi connectivity index (χ2v) is 8.95. The summed E-state index contributed by atoms with van der Waals surface area (Å²) in [6.07, 6.45) is 2.31. The van der Waals surface area contributed by atoms with Crippen molar-refractivity contribution < 1.29 is 17.9 Å². The number of fused-ring (bicyclic) bond motifs is 1. The Labute approximate surface area is 189 Å². The molecule has 4 rings (SSSR count). The third-order valence-electron chi connectivity index (χ3n) is 5.39. The van der Waals surface area contributed by atoms with Gasteiger partial charge in [-0.3, -0.25) is 14.6 Å². The Kier molecular flexibility index (Phi) is 7.64. The number of benzene rings is 1. The number of unbranched alkanes of at least 4 members (excludes halogenated alkanes) is 2. The molecular weight excluding hydrogens is 439 g/mol. The normalized spacial score (nSPS) is 15.5. The maximum atomic E-state index is 12.9. The zero-order valence-electron chi connectivity index (χ0n) is 17.7. The van der Waals surface area contributed by atoms with E-state index in [1.807, 2.05) is 16.9 Å². The third-order valence-corrected chi connectivity index (χ3v) is 6.55. The number of morpholine rings is 1. The van der Waals surface area contributed by atoms with Crippen LogP contribution in [0.5, 0.6) is 0 Å². The van der Waals surface area contributed by atoms with Gasteiger partial charge < -0.3 is 4.74 Å². The maximum Gasteiger partial charge on any atom is 0.416 e. The minimum absolute atomic E-state index is 0.379. The van der Waals surface area contributed by atoms with Crippen LogP contribution in [0.2, 0.25) is 0 Å². The number of halogens is 3. The standard InChI is InChI=1S/C22H26F3N5OS/c23-22(24,25)17-4-5-19-20(14-17)26-7-6-21(19)32-13-3-1-2-8-30-16-18(27-28-30)15-29-9-11-31-12-10-29/h4-7,14,16H,1-3,8-13,15H2. The van der Waals surface area contributed by atoms with Crippen molar-refractivity contribution in [1.82, 2.24) is 24.9 Å². The van der Waals surface area contributed by atoms with Gasteiger partial charge in [0.15, 0.2) is 0 Å². The molecule has 1 saturated heterocycles. The van der Waals surface area contributed by atoms with Crippen molar-refractivity contribution >= 4 is 22.7 Å². The van der Waals surface area contributed by atoms with Gasteiger partial charge in [0.2, 0.25) is 0 Å². The summed E-state index contributed by atoms with van der Waals surface area (Å²) in [5.74, 6) is 0.903. The van der Waals surface area contributed by atoms with Crippen molar-refractivity contribution in [1.29, 1.82) is 0 Å². The Bertz CT molecular complexity index is 1020. The zero-order valence-corrected chi connectivity index (χ0v) is 18.5. The molecule has 0 radical (unpaired) electrons. The van der Waals surface area contributed by atoms with Crippen molar-refractivity contribution in [3.05, 3.63) is 47.9 Å². The first-order chi connectivity index (χ1) is 15.5. The predicted octanol–water partition coefficient (Wildman–Crippen LogP) is 4.64. The Morgan fingerprint density at radius 3 is 2.72 bits per heavy atom. The highest BCUT2D eigenvalue weighted by atomic mass is 32.2. The fourth-order valence-corrected chi connectivity index (χ4v) is 4.72. The van der Waals surface area contributed by atoms with Crippen LogP contribution in [0.15, 0.2) is 41.6 Å². The van der Waals surface area contributed by atoms with Crippen LogP contribution in [-0.2, 0) is 24.0 Å². The molecular formula is C22H26F3N5OS. The molecule has 3 aromatic rings. The van der Waals surface area contributed by atoms with E-state index in [9.17, 15) is 13.2 Å². The summed E-state index contributed by atoms with van der Waals surface area (Å²) in [5.41, 5.74) is 0.699. The fourth-order valence-electron chi connectivity index (χ4n) is 3.67. The smallest absolute Gasteiger partial charge is 0.379 e. The quantitative estimate of drug-likeness (QED) is 0.339. The number of thioether (sulfide) groups is 1. The molecule has 0 atom stereocenters. The number of aryl methyl sites for hydroxylation is 1. The van der Waals surface area contributed by atoms with E-state index in [1.54, 1.807) is 18.0 Å². The maximum absolute atomic E-state index is 12.9. The summed E-state index contributed by atoms with van der Waals surface area (Å²) in [4.78, 5) is 7.39. The Balaban J connectivity index is 1.19. The lowest BCUT2D eigenvalue weighted by molar-refractivity contribution is -0.137. The summed E-state index contributed by atoms with van der Waals surface area (Å²) >= 11 is 1.66. The molecule has 2 aromatic heterocycles.